The fraction of sp³-hybridized carbons (Fsp3) is 0.600. The summed E-state index contributed by atoms with van der Waals surface area (Å²) in [5.74, 6) is -0.743. The Bertz CT molecular complexity index is 479. The molecule has 1 aromatic carbocycles. The average molecular weight is 334 g/mol. The van der Waals surface area contributed by atoms with Gasteiger partial charge in [0.05, 0.1) is 0 Å². The number of ether oxygens (including phenoxy) is 1. The van der Waals surface area contributed by atoms with E-state index in [9.17, 15) is 9.59 Å². The molecule has 134 valence electrons. The van der Waals surface area contributed by atoms with E-state index in [4.69, 9.17) is 9.84 Å². The zero-order chi connectivity index (χ0) is 17.6. The van der Waals surface area contributed by atoms with Gasteiger partial charge in [-0.1, -0.05) is 57.6 Å². The summed E-state index contributed by atoms with van der Waals surface area (Å²) in [7, 11) is 0. The van der Waals surface area contributed by atoms with E-state index in [1.54, 1.807) is 0 Å². The fourth-order valence-corrected chi connectivity index (χ4v) is 2.58. The van der Waals surface area contributed by atoms with Crippen LogP contribution in [-0.2, 0) is 16.0 Å². The van der Waals surface area contributed by atoms with Crippen LogP contribution in [0.2, 0.25) is 0 Å². The van der Waals surface area contributed by atoms with Gasteiger partial charge in [-0.3, -0.25) is 9.59 Å². The number of benzene rings is 1. The first-order valence-corrected chi connectivity index (χ1v) is 9.13. The van der Waals surface area contributed by atoms with Gasteiger partial charge >= 0.3 is 11.9 Å². The average Bonchev–Trinajstić information content (AvgIpc) is 2.55. The third kappa shape index (κ3) is 10.0. The number of esters is 1. The van der Waals surface area contributed by atoms with Gasteiger partial charge in [-0.15, -0.1) is 0 Å². The summed E-state index contributed by atoms with van der Waals surface area (Å²) in [4.78, 5) is 22.0. The van der Waals surface area contributed by atoms with Crippen LogP contribution in [0, 0.1) is 0 Å². The van der Waals surface area contributed by atoms with Gasteiger partial charge in [0, 0.05) is 12.8 Å². The molecular weight excluding hydrogens is 304 g/mol. The first kappa shape index (κ1) is 20.2. The molecule has 0 unspecified atom stereocenters. The Labute approximate surface area is 145 Å². The predicted molar refractivity (Wildman–Crippen MR) is 95.3 cm³/mol. The molecule has 0 aliphatic rings. The smallest absolute Gasteiger partial charge is 0.311 e. The van der Waals surface area contributed by atoms with Crippen LogP contribution in [0.25, 0.3) is 0 Å². The third-order valence-electron chi connectivity index (χ3n) is 4.00. The molecule has 24 heavy (non-hydrogen) atoms. The molecule has 0 aliphatic carbocycles. The minimum atomic E-state index is -0.891. The number of carbonyl (C=O) groups excluding carboxylic acids is 1. The molecule has 4 heteroatoms. The van der Waals surface area contributed by atoms with Crippen LogP contribution in [0.1, 0.15) is 76.7 Å². The zero-order valence-electron chi connectivity index (χ0n) is 14.8. The van der Waals surface area contributed by atoms with Crippen LogP contribution in [-0.4, -0.2) is 17.0 Å². The van der Waals surface area contributed by atoms with Crippen molar-refractivity contribution in [1.82, 2.24) is 0 Å². The van der Waals surface area contributed by atoms with Gasteiger partial charge in [-0.2, -0.15) is 0 Å². The number of carboxylic acid groups (broad SMARTS) is 1. The largest absolute Gasteiger partial charge is 0.481 e. The van der Waals surface area contributed by atoms with Crippen molar-refractivity contribution in [2.24, 2.45) is 0 Å². The van der Waals surface area contributed by atoms with E-state index in [0.29, 0.717) is 12.2 Å². The van der Waals surface area contributed by atoms with Crippen molar-refractivity contribution in [2.45, 2.75) is 77.6 Å². The van der Waals surface area contributed by atoms with E-state index >= 15 is 0 Å². The van der Waals surface area contributed by atoms with Gasteiger partial charge < -0.3 is 9.84 Å². The fourth-order valence-electron chi connectivity index (χ4n) is 2.58. The molecule has 1 N–H and O–H groups in total. The van der Waals surface area contributed by atoms with E-state index in [-0.39, 0.29) is 18.8 Å². The van der Waals surface area contributed by atoms with Crippen molar-refractivity contribution in [3.8, 4) is 5.75 Å². The number of carboxylic acids is 1. The van der Waals surface area contributed by atoms with Gasteiger partial charge in [-0.25, -0.2) is 0 Å². The molecule has 0 atom stereocenters. The molecule has 1 aromatic rings. The van der Waals surface area contributed by atoms with Gasteiger partial charge in [-0.05, 0) is 37.0 Å². The zero-order valence-corrected chi connectivity index (χ0v) is 14.8. The summed E-state index contributed by atoms with van der Waals surface area (Å²) in [5.41, 5.74) is 1.26. The van der Waals surface area contributed by atoms with Crippen LogP contribution in [0.5, 0.6) is 5.75 Å². The van der Waals surface area contributed by atoms with Crippen molar-refractivity contribution < 1.29 is 19.4 Å². The molecule has 0 fully saturated rings. The second-order valence-electron chi connectivity index (χ2n) is 6.24. The number of unbranched alkanes of at least 4 members (excludes halogenated alkanes) is 6. The van der Waals surface area contributed by atoms with E-state index in [0.717, 1.165) is 6.42 Å². The summed E-state index contributed by atoms with van der Waals surface area (Å²) in [6.45, 7) is 2.23. The van der Waals surface area contributed by atoms with E-state index in [1.807, 2.05) is 24.3 Å². The molecule has 0 saturated heterocycles. The number of hydrogen-bond acceptors (Lipinski definition) is 3. The maximum Gasteiger partial charge on any atom is 0.311 e. The molecule has 0 aliphatic heterocycles. The highest BCUT2D eigenvalue weighted by Gasteiger charge is 2.06. The topological polar surface area (TPSA) is 63.6 Å². The standard InChI is InChI=1S/C20H30O4/c1-2-3-4-5-6-7-8-10-17-13-15-18(16-14-17)24-20(23)12-9-11-19(21)22/h13-16H,2-12H2,1H3,(H,21,22). The van der Waals surface area contributed by atoms with E-state index < -0.39 is 5.97 Å². The Morgan fingerprint density at radius 2 is 1.50 bits per heavy atom. The first-order valence-electron chi connectivity index (χ1n) is 9.13. The van der Waals surface area contributed by atoms with Crippen molar-refractivity contribution >= 4 is 11.9 Å². The Morgan fingerprint density at radius 1 is 0.875 bits per heavy atom. The van der Waals surface area contributed by atoms with Crippen molar-refractivity contribution in [3.63, 3.8) is 0 Å². The number of aliphatic carboxylic acids is 1. The Morgan fingerprint density at radius 3 is 2.12 bits per heavy atom. The predicted octanol–water partition coefficient (Wildman–Crippen LogP) is 5.14. The van der Waals surface area contributed by atoms with Crippen LogP contribution in [0.15, 0.2) is 24.3 Å². The van der Waals surface area contributed by atoms with Crippen LogP contribution in [0.4, 0.5) is 0 Å². The summed E-state index contributed by atoms with van der Waals surface area (Å²) in [6.07, 6.45) is 10.6. The molecule has 0 bridgehead atoms. The number of hydrogen-bond donors (Lipinski definition) is 1. The second-order valence-corrected chi connectivity index (χ2v) is 6.24. The van der Waals surface area contributed by atoms with Crippen LogP contribution in [0.3, 0.4) is 0 Å². The summed E-state index contributed by atoms with van der Waals surface area (Å²) < 4.78 is 5.20. The van der Waals surface area contributed by atoms with Gasteiger partial charge in [0.1, 0.15) is 5.75 Å². The summed E-state index contributed by atoms with van der Waals surface area (Å²) in [6, 6.07) is 7.62. The SMILES string of the molecule is CCCCCCCCCc1ccc(OC(=O)CCCC(=O)O)cc1. The highest BCUT2D eigenvalue weighted by molar-refractivity contribution is 5.73. The van der Waals surface area contributed by atoms with Crippen molar-refractivity contribution in [1.29, 1.82) is 0 Å². The van der Waals surface area contributed by atoms with Crippen molar-refractivity contribution in [3.05, 3.63) is 29.8 Å². The minimum absolute atomic E-state index is 0.00746. The summed E-state index contributed by atoms with van der Waals surface area (Å²) >= 11 is 0. The monoisotopic (exact) mass is 334 g/mol. The first-order chi connectivity index (χ1) is 11.6. The Hall–Kier alpha value is -1.84. The number of aryl methyl sites for hydroxylation is 1. The van der Waals surface area contributed by atoms with Crippen LogP contribution >= 0.6 is 0 Å². The number of rotatable bonds is 13. The lowest BCUT2D eigenvalue weighted by Gasteiger charge is -2.06. The maximum absolute atomic E-state index is 11.6. The number of carbonyl (C=O) groups is 2. The highest BCUT2D eigenvalue weighted by Crippen LogP contribution is 2.16. The van der Waals surface area contributed by atoms with Crippen LogP contribution < -0.4 is 4.74 Å². The Kier molecular flexibility index (Phi) is 10.6. The molecule has 4 nitrogen and oxygen atoms in total. The lowest BCUT2D eigenvalue weighted by molar-refractivity contribution is -0.137. The molecule has 0 aromatic heterocycles. The van der Waals surface area contributed by atoms with Gasteiger partial charge in [0.25, 0.3) is 0 Å². The second kappa shape index (κ2) is 12.6. The molecule has 0 spiro atoms. The van der Waals surface area contributed by atoms with E-state index in [2.05, 4.69) is 6.92 Å². The summed E-state index contributed by atoms with van der Waals surface area (Å²) in [5, 5.41) is 8.54. The van der Waals surface area contributed by atoms with Gasteiger partial charge in [0.2, 0.25) is 0 Å². The normalized spacial score (nSPS) is 10.5. The van der Waals surface area contributed by atoms with Crippen molar-refractivity contribution in [2.75, 3.05) is 0 Å². The quantitative estimate of drug-likeness (QED) is 0.308. The molecular formula is C20H30O4. The molecule has 0 saturated carbocycles. The van der Waals surface area contributed by atoms with Gasteiger partial charge in [0.15, 0.2) is 0 Å². The highest BCUT2D eigenvalue weighted by atomic mass is 16.5. The van der Waals surface area contributed by atoms with E-state index in [1.165, 1.54) is 50.5 Å². The molecule has 0 amide bonds. The lowest BCUT2D eigenvalue weighted by Crippen LogP contribution is -2.08. The Balaban J connectivity index is 2.18. The molecule has 0 radical (unpaired) electrons. The maximum atomic E-state index is 11.6. The molecule has 1 rings (SSSR count). The third-order valence-corrected chi connectivity index (χ3v) is 4.00. The molecule has 0 heterocycles. The minimum Gasteiger partial charge on any atom is -0.481 e. The lowest BCUT2D eigenvalue weighted by atomic mass is 10.0.